The van der Waals surface area contributed by atoms with Gasteiger partial charge in [0, 0.05) is 59.0 Å². The normalized spacial score (nSPS) is 11.1. The summed E-state index contributed by atoms with van der Waals surface area (Å²) in [6, 6.07) is 19.5. The first-order valence-electron chi connectivity index (χ1n) is 15.1. The van der Waals surface area contributed by atoms with Gasteiger partial charge in [-0.3, -0.25) is 9.69 Å². The van der Waals surface area contributed by atoms with E-state index in [9.17, 15) is 14.7 Å². The molecule has 3 N–H and O–H groups in total. The number of ether oxygens (including phenoxy) is 4. The Labute approximate surface area is 274 Å². The average Bonchev–Trinajstić information content (AvgIpc) is 3.04. The van der Waals surface area contributed by atoms with Gasteiger partial charge in [0.15, 0.2) is 0 Å². The molecule has 0 aliphatic rings. The quantitative estimate of drug-likeness (QED) is 0.0992. The summed E-state index contributed by atoms with van der Waals surface area (Å²) >= 11 is 0. The van der Waals surface area contributed by atoms with Gasteiger partial charge in [-0.2, -0.15) is 0 Å². The number of hydrogen-bond acceptors (Lipinski definition) is 8. The average molecular weight is 641 g/mol. The SMILES string of the molecule is C#Cc1cc(Nc2cc(Oc3ccc(N(C(=O)O)C(C)(C)C)c4ccccc34)ccn2)cc(C(=O)NCCOCCOCCOC)c1. The Morgan fingerprint density at radius 3 is 2.36 bits per heavy atom. The van der Waals surface area contributed by atoms with E-state index in [2.05, 4.69) is 21.5 Å². The van der Waals surface area contributed by atoms with E-state index in [4.69, 9.17) is 25.4 Å². The predicted molar refractivity (Wildman–Crippen MR) is 182 cm³/mol. The predicted octanol–water partition coefficient (Wildman–Crippen LogP) is 6.44. The molecule has 0 aliphatic heterocycles. The first-order valence-corrected chi connectivity index (χ1v) is 15.1. The molecule has 246 valence electrons. The van der Waals surface area contributed by atoms with Crippen LogP contribution in [0.15, 0.2) is 72.9 Å². The maximum Gasteiger partial charge on any atom is 0.412 e. The van der Waals surface area contributed by atoms with Crippen LogP contribution in [-0.2, 0) is 14.2 Å². The zero-order chi connectivity index (χ0) is 33.8. The number of aromatic nitrogens is 1. The highest BCUT2D eigenvalue weighted by Crippen LogP contribution is 2.38. The number of methoxy groups -OCH3 is 1. The summed E-state index contributed by atoms with van der Waals surface area (Å²) < 4.78 is 22.0. The van der Waals surface area contributed by atoms with E-state index in [1.807, 2.05) is 45.0 Å². The molecule has 0 radical (unpaired) electrons. The summed E-state index contributed by atoms with van der Waals surface area (Å²) in [7, 11) is 1.61. The van der Waals surface area contributed by atoms with Crippen LogP contribution in [0.1, 0.15) is 36.7 Å². The van der Waals surface area contributed by atoms with Crippen molar-refractivity contribution in [2.24, 2.45) is 0 Å². The molecule has 11 nitrogen and oxygen atoms in total. The van der Waals surface area contributed by atoms with Crippen LogP contribution < -0.4 is 20.3 Å². The number of amides is 2. The van der Waals surface area contributed by atoms with E-state index >= 15 is 0 Å². The fraction of sp³-hybridized carbons (Fsp3) is 0.306. The second-order valence-electron chi connectivity index (χ2n) is 11.4. The molecule has 0 saturated carbocycles. The van der Waals surface area contributed by atoms with Crippen molar-refractivity contribution in [3.8, 4) is 23.8 Å². The Balaban J connectivity index is 1.45. The number of fused-ring (bicyclic) bond motifs is 1. The molecule has 0 bridgehead atoms. The summed E-state index contributed by atoms with van der Waals surface area (Å²) in [5, 5.41) is 17.5. The Morgan fingerprint density at radius 2 is 1.66 bits per heavy atom. The van der Waals surface area contributed by atoms with Crippen LogP contribution in [0.5, 0.6) is 11.5 Å². The summed E-state index contributed by atoms with van der Waals surface area (Å²) in [5.41, 5.74) is 1.39. The fourth-order valence-electron chi connectivity index (χ4n) is 4.83. The molecule has 0 atom stereocenters. The molecule has 1 heterocycles. The summed E-state index contributed by atoms with van der Waals surface area (Å²) in [5.74, 6) is 3.82. The van der Waals surface area contributed by atoms with Crippen molar-refractivity contribution in [2.75, 3.05) is 56.9 Å². The number of nitrogens with one attached hydrogen (secondary N) is 2. The van der Waals surface area contributed by atoms with E-state index in [0.717, 1.165) is 10.8 Å². The first-order chi connectivity index (χ1) is 22.6. The minimum absolute atomic E-state index is 0.293. The molecular formula is C36H40N4O7. The number of benzene rings is 3. The van der Waals surface area contributed by atoms with Crippen molar-refractivity contribution in [1.82, 2.24) is 10.3 Å². The van der Waals surface area contributed by atoms with Gasteiger partial charge in [0.25, 0.3) is 5.91 Å². The number of anilines is 3. The van der Waals surface area contributed by atoms with Gasteiger partial charge in [-0.1, -0.05) is 30.2 Å². The van der Waals surface area contributed by atoms with Crippen LogP contribution in [0.25, 0.3) is 10.8 Å². The molecule has 2 amide bonds. The number of carbonyl (C=O) groups excluding carboxylic acids is 1. The van der Waals surface area contributed by atoms with Crippen molar-refractivity contribution < 1.29 is 33.6 Å². The summed E-state index contributed by atoms with van der Waals surface area (Å²) in [6.07, 6.45) is 6.24. The lowest BCUT2D eigenvalue weighted by molar-refractivity contribution is 0.0255. The molecule has 47 heavy (non-hydrogen) atoms. The van der Waals surface area contributed by atoms with Gasteiger partial charge >= 0.3 is 6.09 Å². The molecule has 0 unspecified atom stereocenters. The van der Waals surface area contributed by atoms with Crippen molar-refractivity contribution in [2.45, 2.75) is 26.3 Å². The smallest absolute Gasteiger partial charge is 0.412 e. The van der Waals surface area contributed by atoms with E-state index in [0.29, 0.717) is 79.4 Å². The Bertz CT molecular complexity index is 1730. The van der Waals surface area contributed by atoms with Gasteiger partial charge in [-0.25, -0.2) is 9.78 Å². The number of carbonyl (C=O) groups is 2. The van der Waals surface area contributed by atoms with Crippen molar-refractivity contribution in [3.63, 3.8) is 0 Å². The monoisotopic (exact) mass is 640 g/mol. The fourth-order valence-corrected chi connectivity index (χ4v) is 4.83. The van der Waals surface area contributed by atoms with Crippen LogP contribution in [-0.4, -0.2) is 74.3 Å². The van der Waals surface area contributed by atoms with E-state index in [1.165, 1.54) is 4.90 Å². The highest BCUT2D eigenvalue weighted by molar-refractivity contribution is 6.04. The van der Waals surface area contributed by atoms with Crippen LogP contribution in [0.3, 0.4) is 0 Å². The second kappa shape index (κ2) is 16.4. The zero-order valence-electron chi connectivity index (χ0n) is 27.0. The maximum atomic E-state index is 12.9. The zero-order valence-corrected chi connectivity index (χ0v) is 27.0. The number of rotatable bonds is 15. The highest BCUT2D eigenvalue weighted by Gasteiger charge is 2.29. The second-order valence-corrected chi connectivity index (χ2v) is 11.4. The Hall–Kier alpha value is -5.15. The Kier molecular flexibility index (Phi) is 12.1. The largest absolute Gasteiger partial charge is 0.465 e. The van der Waals surface area contributed by atoms with E-state index in [-0.39, 0.29) is 5.91 Å². The molecular weight excluding hydrogens is 600 g/mol. The van der Waals surface area contributed by atoms with Crippen LogP contribution in [0.2, 0.25) is 0 Å². The number of nitrogens with zero attached hydrogens (tertiary/aromatic N) is 2. The lowest BCUT2D eigenvalue weighted by atomic mass is 10.0. The van der Waals surface area contributed by atoms with Crippen LogP contribution >= 0.6 is 0 Å². The van der Waals surface area contributed by atoms with Gasteiger partial charge < -0.3 is 34.7 Å². The molecule has 0 aliphatic carbocycles. The third-order valence-electron chi connectivity index (χ3n) is 6.89. The summed E-state index contributed by atoms with van der Waals surface area (Å²) in [4.78, 5) is 30.8. The van der Waals surface area contributed by atoms with Crippen LogP contribution in [0, 0.1) is 12.3 Å². The number of hydrogen-bond donors (Lipinski definition) is 3. The molecule has 0 fully saturated rings. The lowest BCUT2D eigenvalue weighted by Gasteiger charge is -2.34. The third-order valence-corrected chi connectivity index (χ3v) is 6.89. The lowest BCUT2D eigenvalue weighted by Crippen LogP contribution is -2.45. The van der Waals surface area contributed by atoms with Gasteiger partial charge in [0.1, 0.15) is 17.3 Å². The van der Waals surface area contributed by atoms with Crippen molar-refractivity contribution >= 4 is 40.0 Å². The van der Waals surface area contributed by atoms with Gasteiger partial charge in [0.05, 0.1) is 38.7 Å². The topological polar surface area (TPSA) is 131 Å². The molecule has 0 spiro atoms. The maximum absolute atomic E-state index is 12.9. The minimum Gasteiger partial charge on any atom is -0.465 e. The number of terminal acetylenes is 1. The number of carboxylic acid groups (broad SMARTS) is 1. The molecule has 1 aromatic heterocycles. The number of pyridine rings is 1. The van der Waals surface area contributed by atoms with Crippen molar-refractivity contribution in [1.29, 1.82) is 0 Å². The molecule has 4 aromatic rings. The van der Waals surface area contributed by atoms with E-state index in [1.54, 1.807) is 55.8 Å². The highest BCUT2D eigenvalue weighted by atomic mass is 16.5. The summed E-state index contributed by atoms with van der Waals surface area (Å²) in [6.45, 7) is 8.09. The standard InChI is InChI=1S/C36H40N4O7/c1-6-25-21-26(34(41)38-15-16-45-19-20-46-18-17-44-5)23-27(22-25)39-33-24-28(13-14-37-33)47-32-12-11-31(29-9-7-8-10-30(29)32)40(35(42)43)36(2,3)4/h1,7-14,21-24H,15-20H2,2-5H3,(H,37,39)(H,38,41)(H,42,43). The molecule has 11 heteroatoms. The third kappa shape index (κ3) is 9.67. The Morgan fingerprint density at radius 1 is 0.936 bits per heavy atom. The minimum atomic E-state index is -1.04. The van der Waals surface area contributed by atoms with Gasteiger partial charge in [0.2, 0.25) is 0 Å². The van der Waals surface area contributed by atoms with E-state index < -0.39 is 11.6 Å². The van der Waals surface area contributed by atoms with Crippen LogP contribution in [0.4, 0.5) is 22.0 Å². The molecule has 4 rings (SSSR count). The van der Waals surface area contributed by atoms with Gasteiger partial charge in [-0.15, -0.1) is 6.42 Å². The van der Waals surface area contributed by atoms with Gasteiger partial charge in [-0.05, 0) is 57.2 Å². The van der Waals surface area contributed by atoms with Crippen molar-refractivity contribution in [3.05, 3.63) is 84.1 Å². The molecule has 3 aromatic carbocycles. The molecule has 0 saturated heterocycles. The first kappa shape index (κ1) is 34.7.